The second-order valence-corrected chi connectivity index (χ2v) is 6.68. The zero-order valence-corrected chi connectivity index (χ0v) is 15.0. The van der Waals surface area contributed by atoms with Gasteiger partial charge in [0.25, 0.3) is 5.82 Å². The molecule has 5 heteroatoms. The molecule has 2 aromatic carbocycles. The molecule has 1 aliphatic rings. The first-order chi connectivity index (χ1) is 13.3. The van der Waals surface area contributed by atoms with Crippen LogP contribution in [0.2, 0.25) is 0 Å². The molecular formula is C22H20N3O2+. The van der Waals surface area contributed by atoms with E-state index in [-0.39, 0.29) is 12.8 Å². The number of hydrogen-bond donors (Lipinski definition) is 2. The predicted molar refractivity (Wildman–Crippen MR) is 104 cm³/mol. The lowest BCUT2D eigenvalue weighted by Gasteiger charge is -2.16. The number of anilines is 1. The Kier molecular flexibility index (Phi) is 3.71. The number of benzene rings is 2. The number of ether oxygens (including phenoxy) is 2. The van der Waals surface area contributed by atoms with Gasteiger partial charge in [0.2, 0.25) is 6.79 Å². The van der Waals surface area contributed by atoms with Gasteiger partial charge < -0.3 is 14.5 Å². The fraction of sp³-hybridized carbons (Fsp3) is 0.136. The number of pyridine rings is 1. The molecule has 5 nitrogen and oxygen atoms in total. The van der Waals surface area contributed by atoms with E-state index in [0.29, 0.717) is 0 Å². The van der Waals surface area contributed by atoms with E-state index in [2.05, 4.69) is 58.6 Å². The molecule has 27 heavy (non-hydrogen) atoms. The summed E-state index contributed by atoms with van der Waals surface area (Å²) in [5.41, 5.74) is 4.61. The van der Waals surface area contributed by atoms with Gasteiger partial charge in [0.05, 0.1) is 6.20 Å². The Balaban J connectivity index is 1.67. The van der Waals surface area contributed by atoms with Crippen molar-refractivity contribution in [1.82, 2.24) is 4.98 Å². The SMILES string of the molecule is Cc1[nH]c2ccccc2c1[C@@H](Nc1cccc[nH+]1)c1ccc2c(c1)OCO2. The molecule has 0 aliphatic carbocycles. The van der Waals surface area contributed by atoms with Gasteiger partial charge in [0, 0.05) is 33.8 Å². The molecular weight excluding hydrogens is 338 g/mol. The fourth-order valence-corrected chi connectivity index (χ4v) is 3.72. The van der Waals surface area contributed by atoms with Crippen LogP contribution in [-0.4, -0.2) is 11.8 Å². The lowest BCUT2D eigenvalue weighted by atomic mass is 9.95. The summed E-state index contributed by atoms with van der Waals surface area (Å²) in [6, 6.07) is 20.5. The molecule has 134 valence electrons. The zero-order chi connectivity index (χ0) is 18.2. The largest absolute Gasteiger partial charge is 0.454 e. The summed E-state index contributed by atoms with van der Waals surface area (Å²) in [5.74, 6) is 2.53. The highest BCUT2D eigenvalue weighted by atomic mass is 16.7. The maximum atomic E-state index is 5.61. The summed E-state index contributed by atoms with van der Waals surface area (Å²) < 4.78 is 11.1. The van der Waals surface area contributed by atoms with Gasteiger partial charge in [-0.25, -0.2) is 4.98 Å². The van der Waals surface area contributed by atoms with Gasteiger partial charge in [0.15, 0.2) is 11.5 Å². The van der Waals surface area contributed by atoms with Crippen molar-refractivity contribution in [2.75, 3.05) is 12.1 Å². The maximum absolute atomic E-state index is 5.61. The predicted octanol–water partition coefficient (Wildman–Crippen LogP) is 4.22. The molecule has 4 aromatic rings. The van der Waals surface area contributed by atoms with Crippen LogP contribution in [0.4, 0.5) is 5.82 Å². The molecule has 0 bridgehead atoms. The first-order valence-electron chi connectivity index (χ1n) is 8.99. The van der Waals surface area contributed by atoms with E-state index in [4.69, 9.17) is 9.47 Å². The minimum absolute atomic E-state index is 0.0469. The molecule has 0 radical (unpaired) electrons. The van der Waals surface area contributed by atoms with Gasteiger partial charge in [-0.1, -0.05) is 30.3 Å². The molecule has 3 heterocycles. The molecule has 0 saturated carbocycles. The number of nitrogens with one attached hydrogen (secondary N) is 3. The minimum atomic E-state index is -0.0469. The Bertz CT molecular complexity index is 1110. The Morgan fingerprint density at radius 1 is 1.00 bits per heavy atom. The molecule has 2 aromatic heterocycles. The van der Waals surface area contributed by atoms with Crippen molar-refractivity contribution < 1.29 is 14.5 Å². The van der Waals surface area contributed by atoms with E-state index in [1.54, 1.807) is 0 Å². The van der Waals surface area contributed by atoms with Crippen molar-refractivity contribution >= 4 is 16.7 Å². The van der Waals surface area contributed by atoms with Crippen LogP contribution in [0, 0.1) is 6.92 Å². The van der Waals surface area contributed by atoms with E-state index < -0.39 is 0 Å². The summed E-state index contributed by atoms with van der Waals surface area (Å²) in [6.45, 7) is 2.39. The van der Waals surface area contributed by atoms with Gasteiger partial charge in [-0.15, -0.1) is 0 Å². The summed E-state index contributed by atoms with van der Waals surface area (Å²) >= 11 is 0. The Morgan fingerprint density at radius 3 is 2.74 bits per heavy atom. The topological polar surface area (TPSA) is 60.4 Å². The van der Waals surface area contributed by atoms with Crippen molar-refractivity contribution in [3.05, 3.63) is 83.7 Å². The molecule has 3 N–H and O–H groups in total. The molecule has 0 fully saturated rings. The third kappa shape index (κ3) is 2.77. The van der Waals surface area contributed by atoms with Gasteiger partial charge >= 0.3 is 0 Å². The highest BCUT2D eigenvalue weighted by Crippen LogP contribution is 2.39. The minimum Gasteiger partial charge on any atom is -0.454 e. The van der Waals surface area contributed by atoms with Crippen molar-refractivity contribution in [2.45, 2.75) is 13.0 Å². The first-order valence-corrected chi connectivity index (χ1v) is 8.99. The number of rotatable bonds is 4. The van der Waals surface area contributed by atoms with Crippen molar-refractivity contribution in [2.24, 2.45) is 0 Å². The van der Waals surface area contributed by atoms with Crippen molar-refractivity contribution in [3.63, 3.8) is 0 Å². The lowest BCUT2D eigenvalue weighted by Crippen LogP contribution is -2.19. The average molecular weight is 358 g/mol. The lowest BCUT2D eigenvalue weighted by molar-refractivity contribution is -0.361. The quantitative estimate of drug-likeness (QED) is 0.574. The second kappa shape index (κ2) is 6.36. The highest BCUT2D eigenvalue weighted by Gasteiger charge is 2.27. The molecule has 0 amide bonds. The molecule has 1 aliphatic heterocycles. The van der Waals surface area contributed by atoms with Crippen LogP contribution >= 0.6 is 0 Å². The van der Waals surface area contributed by atoms with Crippen molar-refractivity contribution in [1.29, 1.82) is 0 Å². The number of fused-ring (bicyclic) bond motifs is 2. The Labute approximate surface area is 157 Å². The van der Waals surface area contributed by atoms with Crippen LogP contribution in [-0.2, 0) is 0 Å². The van der Waals surface area contributed by atoms with Gasteiger partial charge in [-0.3, -0.25) is 5.32 Å². The van der Waals surface area contributed by atoms with E-state index in [1.165, 1.54) is 10.9 Å². The van der Waals surface area contributed by atoms with E-state index in [9.17, 15) is 0 Å². The van der Waals surface area contributed by atoms with E-state index in [1.807, 2.05) is 30.5 Å². The fourth-order valence-electron chi connectivity index (χ4n) is 3.72. The summed E-state index contributed by atoms with van der Waals surface area (Å²) in [6.07, 6.45) is 1.92. The Morgan fingerprint density at radius 2 is 1.85 bits per heavy atom. The number of aromatic nitrogens is 2. The molecule has 0 saturated heterocycles. The van der Waals surface area contributed by atoms with Crippen LogP contribution in [0.1, 0.15) is 22.9 Å². The normalized spacial score (nSPS) is 13.7. The smallest absolute Gasteiger partial charge is 0.272 e. The first kappa shape index (κ1) is 15.8. The standard InChI is InChI=1S/C22H19N3O2/c1-14-21(16-6-2-3-7-17(16)24-14)22(25-20-8-4-5-11-23-20)15-9-10-18-19(12-15)27-13-26-18/h2-12,22,24H,13H2,1H3,(H,23,25)/p+1/t22-/m0/s1. The third-order valence-electron chi connectivity index (χ3n) is 4.97. The third-order valence-corrected chi connectivity index (χ3v) is 4.97. The average Bonchev–Trinajstić information content (AvgIpc) is 3.30. The van der Waals surface area contributed by atoms with Crippen LogP contribution in [0.25, 0.3) is 10.9 Å². The number of aromatic amines is 2. The van der Waals surface area contributed by atoms with Gasteiger partial charge in [-0.2, -0.15) is 0 Å². The van der Waals surface area contributed by atoms with Gasteiger partial charge in [-0.05, 0) is 31.2 Å². The molecule has 1 atom stereocenters. The van der Waals surface area contributed by atoms with Crippen molar-refractivity contribution in [3.8, 4) is 11.5 Å². The Hall–Kier alpha value is -3.47. The van der Waals surface area contributed by atoms with Crippen LogP contribution in [0.15, 0.2) is 66.9 Å². The maximum Gasteiger partial charge on any atom is 0.272 e. The molecule has 0 unspecified atom stereocenters. The summed E-state index contributed by atoms with van der Waals surface area (Å²) in [4.78, 5) is 6.78. The summed E-state index contributed by atoms with van der Waals surface area (Å²) in [7, 11) is 0. The molecule has 5 rings (SSSR count). The van der Waals surface area contributed by atoms with Gasteiger partial charge in [0.1, 0.15) is 6.04 Å². The number of aryl methyl sites for hydroxylation is 1. The molecule has 0 spiro atoms. The zero-order valence-electron chi connectivity index (χ0n) is 15.0. The number of hydrogen-bond acceptors (Lipinski definition) is 3. The number of para-hydroxylation sites is 1. The highest BCUT2D eigenvalue weighted by molar-refractivity contribution is 5.86. The van der Waals surface area contributed by atoms with E-state index in [0.717, 1.165) is 34.1 Å². The second-order valence-electron chi connectivity index (χ2n) is 6.68. The monoisotopic (exact) mass is 358 g/mol. The van der Waals surface area contributed by atoms with Crippen LogP contribution in [0.5, 0.6) is 11.5 Å². The summed E-state index contributed by atoms with van der Waals surface area (Å²) in [5, 5.41) is 4.86. The van der Waals surface area contributed by atoms with E-state index >= 15 is 0 Å². The van der Waals surface area contributed by atoms with Crippen LogP contribution in [0.3, 0.4) is 0 Å². The van der Waals surface area contributed by atoms with Crippen LogP contribution < -0.4 is 19.8 Å². The number of H-pyrrole nitrogens is 2.